The fourth-order valence-corrected chi connectivity index (χ4v) is 3.92. The van der Waals surface area contributed by atoms with Gasteiger partial charge in [-0.05, 0) is 53.3 Å². The molecule has 3 aromatic carbocycles. The fourth-order valence-electron chi connectivity index (χ4n) is 3.92. The van der Waals surface area contributed by atoms with Crippen LogP contribution in [0.15, 0.2) is 96.0 Å². The lowest BCUT2D eigenvalue weighted by Crippen LogP contribution is -2.21. The molecule has 5 nitrogen and oxygen atoms in total. The van der Waals surface area contributed by atoms with Crippen molar-refractivity contribution in [2.75, 3.05) is 0 Å². The van der Waals surface area contributed by atoms with Crippen molar-refractivity contribution in [2.24, 2.45) is 16.6 Å². The van der Waals surface area contributed by atoms with Crippen LogP contribution in [0.25, 0.3) is 6.08 Å². The normalized spacial score (nSPS) is 15.2. The molecule has 0 spiro atoms. The van der Waals surface area contributed by atoms with Crippen molar-refractivity contribution in [1.29, 1.82) is 16.2 Å². The first-order valence-corrected chi connectivity index (χ1v) is 11.2. The van der Waals surface area contributed by atoms with Gasteiger partial charge < -0.3 is 16.6 Å². The summed E-state index contributed by atoms with van der Waals surface area (Å²) in [6, 6.07) is 22.6. The van der Waals surface area contributed by atoms with Crippen molar-refractivity contribution in [3.05, 3.63) is 124 Å². The molecule has 5 N–H and O–H groups in total. The molecule has 5 heteroatoms. The summed E-state index contributed by atoms with van der Waals surface area (Å²) in [5, 5.41) is 25.4. The molecule has 4 rings (SSSR count). The van der Waals surface area contributed by atoms with Crippen molar-refractivity contribution in [2.45, 2.75) is 13.3 Å². The highest BCUT2D eigenvalue weighted by Gasteiger charge is 2.18. The first kappa shape index (κ1) is 22.8. The number of nitrogens with one attached hydrogen (secondary N) is 3. The van der Waals surface area contributed by atoms with Crippen LogP contribution in [0.4, 0.5) is 0 Å². The topological polar surface area (TPSA) is 110 Å². The fraction of sp³-hybridized carbons (Fsp3) is 0.103. The largest absolute Gasteiger partial charge is 0.383 e. The number of fused-ring (bicyclic) bond motifs is 1. The molecule has 0 bridgehead atoms. The van der Waals surface area contributed by atoms with E-state index in [9.17, 15) is 0 Å². The maximum Gasteiger partial charge on any atom is 0.154 e. The maximum atomic E-state index is 8.77. The van der Waals surface area contributed by atoms with Gasteiger partial charge in [0.15, 0.2) is 5.84 Å². The molecule has 1 unspecified atom stereocenters. The van der Waals surface area contributed by atoms with Gasteiger partial charge in [-0.3, -0.25) is 5.41 Å². The monoisotopic (exact) mass is 445 g/mol. The van der Waals surface area contributed by atoms with E-state index in [-0.39, 0.29) is 17.4 Å². The number of benzene rings is 3. The third kappa shape index (κ3) is 5.15. The Hall–Kier alpha value is -4.38. The van der Waals surface area contributed by atoms with Crippen LogP contribution in [0, 0.1) is 22.1 Å². The Morgan fingerprint density at radius 1 is 0.853 bits per heavy atom. The summed E-state index contributed by atoms with van der Waals surface area (Å²) in [5.41, 5.74) is 11.9. The third-order valence-electron chi connectivity index (χ3n) is 5.77. The standard InChI is InChI=1S/C29H27N5/c1-19-12-13-22-17-25(29(33)34-28(32)21-10-6-3-7-11-21)24(18-23(22)16-19)27(31)15-14-26(30)20-8-4-2-5-9-20/h2-15,17-19,30-31H,16H2,1H3,(H3,32,33,34)/b15-14-,30-26?,31-27?. The van der Waals surface area contributed by atoms with Crippen molar-refractivity contribution in [1.82, 2.24) is 0 Å². The van der Waals surface area contributed by atoms with Crippen LogP contribution < -0.4 is 5.73 Å². The number of aliphatic imine (C=N–C) groups is 1. The minimum Gasteiger partial charge on any atom is -0.383 e. The summed E-state index contributed by atoms with van der Waals surface area (Å²) in [4.78, 5) is 4.36. The summed E-state index contributed by atoms with van der Waals surface area (Å²) in [7, 11) is 0. The van der Waals surface area contributed by atoms with E-state index in [0.29, 0.717) is 28.3 Å². The van der Waals surface area contributed by atoms with Gasteiger partial charge in [-0.15, -0.1) is 0 Å². The molecule has 1 aliphatic carbocycles. The first-order chi connectivity index (χ1) is 16.4. The SMILES string of the molecule is CC1C=Cc2cc(C(N)=NC(=N)c3ccccc3)c(C(=N)/C=C\C(=N)c3ccccc3)cc2C1. The highest BCUT2D eigenvalue weighted by atomic mass is 14.9. The van der Waals surface area contributed by atoms with E-state index < -0.39 is 0 Å². The highest BCUT2D eigenvalue weighted by Crippen LogP contribution is 2.27. The Labute approximate surface area is 199 Å². The zero-order valence-electron chi connectivity index (χ0n) is 19.0. The molecule has 0 aliphatic heterocycles. The molecule has 34 heavy (non-hydrogen) atoms. The average molecular weight is 446 g/mol. The van der Waals surface area contributed by atoms with Gasteiger partial charge in [-0.1, -0.05) is 79.7 Å². The summed E-state index contributed by atoms with van der Waals surface area (Å²) >= 11 is 0. The molecule has 0 fully saturated rings. The van der Waals surface area contributed by atoms with Gasteiger partial charge in [0.2, 0.25) is 0 Å². The molecular formula is C29H27N5. The quantitative estimate of drug-likeness (QED) is 0.287. The Balaban J connectivity index is 1.71. The Morgan fingerprint density at radius 3 is 2.15 bits per heavy atom. The lowest BCUT2D eigenvalue weighted by Gasteiger charge is -2.19. The number of hydrogen-bond acceptors (Lipinski definition) is 3. The van der Waals surface area contributed by atoms with E-state index in [1.165, 1.54) is 0 Å². The third-order valence-corrected chi connectivity index (χ3v) is 5.77. The molecule has 3 aromatic rings. The minimum absolute atomic E-state index is 0.0684. The van der Waals surface area contributed by atoms with Crippen LogP contribution >= 0.6 is 0 Å². The second kappa shape index (κ2) is 10.0. The van der Waals surface area contributed by atoms with Crippen molar-refractivity contribution >= 4 is 29.2 Å². The Bertz CT molecular complexity index is 1330. The van der Waals surface area contributed by atoms with E-state index in [1.807, 2.05) is 72.8 Å². The number of rotatable bonds is 6. The Kier molecular flexibility index (Phi) is 6.74. The van der Waals surface area contributed by atoms with Gasteiger partial charge >= 0.3 is 0 Å². The van der Waals surface area contributed by atoms with Crippen LogP contribution in [0.5, 0.6) is 0 Å². The van der Waals surface area contributed by atoms with Crippen LogP contribution in [-0.2, 0) is 6.42 Å². The van der Waals surface area contributed by atoms with Crippen molar-refractivity contribution in [3.63, 3.8) is 0 Å². The summed E-state index contributed by atoms with van der Waals surface area (Å²) in [6.07, 6.45) is 8.38. The lowest BCUT2D eigenvalue weighted by molar-refractivity contribution is 0.717. The van der Waals surface area contributed by atoms with Gasteiger partial charge in [-0.25, -0.2) is 4.99 Å². The first-order valence-electron chi connectivity index (χ1n) is 11.2. The number of allylic oxidation sites excluding steroid dienone is 3. The molecule has 0 aromatic heterocycles. The molecule has 0 amide bonds. The van der Waals surface area contributed by atoms with E-state index in [0.717, 1.165) is 23.1 Å². The van der Waals surface area contributed by atoms with Gasteiger partial charge in [-0.2, -0.15) is 0 Å². The molecule has 0 saturated heterocycles. The number of nitrogens with zero attached hydrogens (tertiary/aromatic N) is 1. The van der Waals surface area contributed by atoms with Crippen molar-refractivity contribution < 1.29 is 0 Å². The van der Waals surface area contributed by atoms with Crippen molar-refractivity contribution in [3.8, 4) is 0 Å². The summed E-state index contributed by atoms with van der Waals surface area (Å²) in [5.74, 6) is 0.674. The zero-order chi connectivity index (χ0) is 24.1. The second-order valence-corrected chi connectivity index (χ2v) is 8.38. The number of amidine groups is 2. The van der Waals surface area contributed by atoms with E-state index in [2.05, 4.69) is 24.1 Å². The van der Waals surface area contributed by atoms with Crippen LogP contribution in [0.3, 0.4) is 0 Å². The molecule has 1 atom stereocenters. The van der Waals surface area contributed by atoms with E-state index >= 15 is 0 Å². The number of nitrogens with two attached hydrogens (primary N) is 1. The van der Waals surface area contributed by atoms with Crippen LogP contribution in [0.2, 0.25) is 0 Å². The molecule has 0 saturated carbocycles. The Morgan fingerprint density at radius 2 is 1.47 bits per heavy atom. The zero-order valence-corrected chi connectivity index (χ0v) is 19.0. The average Bonchev–Trinajstić information content (AvgIpc) is 2.87. The molecule has 1 aliphatic rings. The minimum atomic E-state index is 0.0684. The summed E-state index contributed by atoms with van der Waals surface area (Å²) in [6.45, 7) is 2.16. The van der Waals surface area contributed by atoms with Crippen LogP contribution in [-0.4, -0.2) is 23.1 Å². The van der Waals surface area contributed by atoms with Gasteiger partial charge in [0.25, 0.3) is 0 Å². The van der Waals surface area contributed by atoms with E-state index in [4.69, 9.17) is 22.0 Å². The molecule has 0 heterocycles. The van der Waals surface area contributed by atoms with Gasteiger partial charge in [0, 0.05) is 16.7 Å². The number of hydrogen-bond donors (Lipinski definition) is 4. The highest BCUT2D eigenvalue weighted by molar-refractivity contribution is 6.19. The van der Waals surface area contributed by atoms with E-state index in [1.54, 1.807) is 12.2 Å². The second-order valence-electron chi connectivity index (χ2n) is 8.38. The molecule has 0 radical (unpaired) electrons. The predicted molar refractivity (Wildman–Crippen MR) is 142 cm³/mol. The van der Waals surface area contributed by atoms with Gasteiger partial charge in [0.05, 0.1) is 11.4 Å². The predicted octanol–water partition coefficient (Wildman–Crippen LogP) is 5.62. The van der Waals surface area contributed by atoms with Gasteiger partial charge in [0.1, 0.15) is 5.84 Å². The van der Waals surface area contributed by atoms with Crippen LogP contribution in [0.1, 0.15) is 40.3 Å². The lowest BCUT2D eigenvalue weighted by atomic mass is 9.86. The molecular weight excluding hydrogens is 418 g/mol. The summed E-state index contributed by atoms with van der Waals surface area (Å²) < 4.78 is 0. The molecule has 168 valence electrons. The smallest absolute Gasteiger partial charge is 0.154 e. The maximum absolute atomic E-state index is 8.77.